The van der Waals surface area contributed by atoms with Gasteiger partial charge in [0.15, 0.2) is 5.13 Å². The summed E-state index contributed by atoms with van der Waals surface area (Å²) in [6, 6.07) is 16.1. The van der Waals surface area contributed by atoms with E-state index in [-0.39, 0.29) is 11.1 Å². The van der Waals surface area contributed by atoms with Crippen LogP contribution in [0.1, 0.15) is 24.1 Å². The Hall–Kier alpha value is -3.75. The molecule has 35 heavy (non-hydrogen) atoms. The van der Waals surface area contributed by atoms with Crippen LogP contribution in [0.4, 0.5) is 9.52 Å². The molecule has 0 aliphatic carbocycles. The Labute approximate surface area is 208 Å². The SMILES string of the molecule is CCOc1ccc2nc(N3C(=O)C(=O)/C(=C(/O)c4ccc(F)cc4)[C@H]3c3ccc(Cl)cc3)sc2c1. The van der Waals surface area contributed by atoms with E-state index in [1.165, 1.54) is 40.5 Å². The third-order valence-electron chi connectivity index (χ3n) is 5.61. The van der Waals surface area contributed by atoms with Crippen molar-refractivity contribution < 1.29 is 23.8 Å². The average molecular weight is 509 g/mol. The molecule has 1 amide bonds. The van der Waals surface area contributed by atoms with Gasteiger partial charge in [-0.25, -0.2) is 9.37 Å². The minimum absolute atomic E-state index is 0.113. The fourth-order valence-corrected chi connectivity index (χ4v) is 5.15. The highest BCUT2D eigenvalue weighted by atomic mass is 35.5. The van der Waals surface area contributed by atoms with Crippen molar-refractivity contribution in [2.45, 2.75) is 13.0 Å². The highest BCUT2D eigenvalue weighted by Crippen LogP contribution is 2.44. The number of rotatable bonds is 5. The fourth-order valence-electron chi connectivity index (χ4n) is 4.01. The van der Waals surface area contributed by atoms with E-state index in [1.54, 1.807) is 36.4 Å². The maximum Gasteiger partial charge on any atom is 0.301 e. The first-order valence-corrected chi connectivity index (χ1v) is 11.9. The van der Waals surface area contributed by atoms with Gasteiger partial charge >= 0.3 is 5.91 Å². The van der Waals surface area contributed by atoms with Crippen LogP contribution in [0.25, 0.3) is 16.0 Å². The van der Waals surface area contributed by atoms with Crippen LogP contribution in [-0.4, -0.2) is 28.4 Å². The predicted octanol–water partition coefficient (Wildman–Crippen LogP) is 6.11. The van der Waals surface area contributed by atoms with Crippen LogP contribution in [0.5, 0.6) is 5.75 Å². The van der Waals surface area contributed by atoms with E-state index in [9.17, 15) is 19.1 Å². The Morgan fingerprint density at radius 2 is 1.83 bits per heavy atom. The van der Waals surface area contributed by atoms with Crippen LogP contribution in [-0.2, 0) is 9.59 Å². The number of hydrogen-bond donors (Lipinski definition) is 1. The molecule has 5 rings (SSSR count). The van der Waals surface area contributed by atoms with Crippen LogP contribution in [0.3, 0.4) is 0 Å². The standard InChI is InChI=1S/C26H18ClFN2O4S/c1-2-34-18-11-12-19-20(13-18)35-26(29-19)30-22(14-3-7-16(27)8-4-14)21(24(32)25(30)33)23(31)15-5-9-17(28)10-6-15/h3-13,22,31H,2H2,1H3/b23-21+/t22-/m1/s1. The van der Waals surface area contributed by atoms with Gasteiger partial charge in [-0.15, -0.1) is 0 Å². The summed E-state index contributed by atoms with van der Waals surface area (Å²) in [5.41, 5.74) is 1.31. The van der Waals surface area contributed by atoms with Gasteiger partial charge in [0.25, 0.3) is 5.78 Å². The molecule has 1 fully saturated rings. The number of carbonyl (C=O) groups is 2. The Kier molecular flexibility index (Phi) is 6.00. The molecule has 1 aliphatic rings. The molecule has 1 N–H and O–H groups in total. The van der Waals surface area contributed by atoms with Crippen LogP contribution in [0.15, 0.2) is 72.3 Å². The number of aliphatic hydroxyl groups excluding tert-OH is 1. The zero-order valence-corrected chi connectivity index (χ0v) is 19.9. The topological polar surface area (TPSA) is 79.7 Å². The average Bonchev–Trinajstić information content (AvgIpc) is 3.38. The molecule has 3 aromatic carbocycles. The molecular weight excluding hydrogens is 491 g/mol. The number of amides is 1. The number of Topliss-reactive ketones (excluding diaryl/α,β-unsaturated/α-hetero) is 1. The first kappa shape index (κ1) is 23.0. The van der Waals surface area contributed by atoms with Gasteiger partial charge in [0, 0.05) is 10.6 Å². The molecule has 1 saturated heterocycles. The minimum atomic E-state index is -0.954. The number of nitrogens with zero attached hydrogens (tertiary/aromatic N) is 2. The van der Waals surface area contributed by atoms with Crippen molar-refractivity contribution in [2.75, 3.05) is 11.5 Å². The summed E-state index contributed by atoms with van der Waals surface area (Å²) in [6.45, 7) is 2.39. The number of thiazole rings is 1. The molecule has 0 unspecified atom stereocenters. The lowest BCUT2D eigenvalue weighted by Crippen LogP contribution is -2.29. The van der Waals surface area contributed by atoms with Crippen LogP contribution < -0.4 is 9.64 Å². The maximum atomic E-state index is 13.5. The number of carbonyl (C=O) groups excluding carboxylic acids is 2. The van der Waals surface area contributed by atoms with Crippen molar-refractivity contribution in [3.05, 3.63) is 94.3 Å². The number of aliphatic hydroxyl groups is 1. The van der Waals surface area contributed by atoms with E-state index in [1.807, 2.05) is 13.0 Å². The molecule has 0 radical (unpaired) electrons. The molecule has 1 atom stereocenters. The Balaban J connectivity index is 1.69. The number of fused-ring (bicyclic) bond motifs is 1. The van der Waals surface area contributed by atoms with Crippen LogP contribution >= 0.6 is 22.9 Å². The summed E-state index contributed by atoms with van der Waals surface area (Å²) in [5.74, 6) is -1.90. The number of anilines is 1. The van der Waals surface area contributed by atoms with Crippen molar-refractivity contribution in [1.82, 2.24) is 4.98 Å². The van der Waals surface area contributed by atoms with Gasteiger partial charge in [-0.3, -0.25) is 14.5 Å². The molecule has 0 saturated carbocycles. The molecule has 0 spiro atoms. The number of halogens is 2. The van der Waals surface area contributed by atoms with Gasteiger partial charge in [0.2, 0.25) is 0 Å². The lowest BCUT2D eigenvalue weighted by atomic mass is 9.95. The molecule has 9 heteroatoms. The smallest absolute Gasteiger partial charge is 0.301 e. The summed E-state index contributed by atoms with van der Waals surface area (Å²) < 4.78 is 19.8. The normalized spacial score (nSPS) is 17.3. The number of aromatic nitrogens is 1. The van der Waals surface area contributed by atoms with Gasteiger partial charge in [0.05, 0.1) is 28.4 Å². The van der Waals surface area contributed by atoms with E-state index < -0.39 is 29.3 Å². The first-order chi connectivity index (χ1) is 16.9. The largest absolute Gasteiger partial charge is 0.507 e. The van der Waals surface area contributed by atoms with Gasteiger partial charge in [-0.05, 0) is 67.1 Å². The molecular formula is C26H18ClFN2O4S. The minimum Gasteiger partial charge on any atom is -0.507 e. The molecule has 176 valence electrons. The molecule has 0 bridgehead atoms. The molecule has 4 aromatic rings. The monoisotopic (exact) mass is 508 g/mol. The third kappa shape index (κ3) is 4.15. The van der Waals surface area contributed by atoms with E-state index in [2.05, 4.69) is 4.98 Å². The lowest BCUT2D eigenvalue weighted by Gasteiger charge is -2.23. The summed E-state index contributed by atoms with van der Waals surface area (Å²) in [5, 5.41) is 11.9. The predicted molar refractivity (Wildman–Crippen MR) is 133 cm³/mol. The molecule has 6 nitrogen and oxygen atoms in total. The van der Waals surface area contributed by atoms with Crippen molar-refractivity contribution in [3.63, 3.8) is 0 Å². The molecule has 2 heterocycles. The van der Waals surface area contributed by atoms with E-state index >= 15 is 0 Å². The van der Waals surface area contributed by atoms with Gasteiger partial charge in [0.1, 0.15) is 17.3 Å². The number of ketones is 1. The summed E-state index contributed by atoms with van der Waals surface area (Å²) >= 11 is 7.30. The van der Waals surface area contributed by atoms with Crippen molar-refractivity contribution >= 4 is 55.7 Å². The van der Waals surface area contributed by atoms with Crippen molar-refractivity contribution in [3.8, 4) is 5.75 Å². The summed E-state index contributed by atoms with van der Waals surface area (Å²) in [6.07, 6.45) is 0. The zero-order chi connectivity index (χ0) is 24.7. The Bertz CT molecular complexity index is 1480. The third-order valence-corrected chi connectivity index (χ3v) is 6.88. The highest BCUT2D eigenvalue weighted by Gasteiger charge is 2.48. The molecule has 1 aromatic heterocycles. The number of hydrogen-bond acceptors (Lipinski definition) is 6. The molecule has 1 aliphatic heterocycles. The maximum absolute atomic E-state index is 13.5. The summed E-state index contributed by atoms with van der Waals surface area (Å²) in [7, 11) is 0. The number of ether oxygens (including phenoxy) is 1. The lowest BCUT2D eigenvalue weighted by molar-refractivity contribution is -0.132. The second-order valence-electron chi connectivity index (χ2n) is 7.79. The van der Waals surface area contributed by atoms with Crippen LogP contribution in [0.2, 0.25) is 5.02 Å². The zero-order valence-electron chi connectivity index (χ0n) is 18.4. The van der Waals surface area contributed by atoms with Gasteiger partial charge in [-0.1, -0.05) is 35.1 Å². The second kappa shape index (κ2) is 9.13. The van der Waals surface area contributed by atoms with Gasteiger partial charge in [-0.2, -0.15) is 0 Å². The van der Waals surface area contributed by atoms with Crippen molar-refractivity contribution in [2.24, 2.45) is 0 Å². The first-order valence-electron chi connectivity index (χ1n) is 10.7. The second-order valence-corrected chi connectivity index (χ2v) is 9.23. The van der Waals surface area contributed by atoms with Crippen LogP contribution in [0, 0.1) is 5.82 Å². The van der Waals surface area contributed by atoms with E-state index in [0.29, 0.717) is 33.6 Å². The quantitative estimate of drug-likeness (QED) is 0.200. The Morgan fingerprint density at radius 3 is 2.51 bits per heavy atom. The summed E-state index contributed by atoms with van der Waals surface area (Å²) in [4.78, 5) is 32.4. The van der Waals surface area contributed by atoms with Crippen molar-refractivity contribution in [1.29, 1.82) is 0 Å². The van der Waals surface area contributed by atoms with E-state index in [4.69, 9.17) is 16.3 Å². The fraction of sp³-hybridized carbons (Fsp3) is 0.115. The number of benzene rings is 3. The van der Waals surface area contributed by atoms with Gasteiger partial charge < -0.3 is 9.84 Å². The van der Waals surface area contributed by atoms with E-state index in [0.717, 1.165) is 4.70 Å². The Morgan fingerprint density at radius 1 is 1.11 bits per heavy atom. The highest BCUT2D eigenvalue weighted by molar-refractivity contribution is 7.22.